The number of aromatic amines is 1. The third kappa shape index (κ3) is 1.80. The minimum absolute atomic E-state index is 0.424. The molecule has 0 fully saturated rings. The first kappa shape index (κ1) is 12.1. The van der Waals surface area contributed by atoms with Crippen LogP contribution >= 0.6 is 0 Å². The van der Waals surface area contributed by atoms with Gasteiger partial charge in [-0.2, -0.15) is 5.26 Å². The van der Waals surface area contributed by atoms with E-state index in [1.165, 1.54) is 6.92 Å². The maximum atomic E-state index is 12.2. The van der Waals surface area contributed by atoms with Crippen molar-refractivity contribution >= 4 is 22.5 Å². The third-order valence-corrected chi connectivity index (χ3v) is 2.94. The molecular formula is C14H12N2O2. The first-order valence-corrected chi connectivity index (χ1v) is 5.58. The molecule has 1 aromatic heterocycles. The first-order valence-electron chi connectivity index (χ1n) is 5.58. The van der Waals surface area contributed by atoms with Crippen LogP contribution in [0.4, 0.5) is 0 Å². The van der Waals surface area contributed by atoms with Crippen molar-refractivity contribution < 1.29 is 9.59 Å². The fourth-order valence-electron chi connectivity index (χ4n) is 2.07. The van der Waals surface area contributed by atoms with Gasteiger partial charge in [0.1, 0.15) is 0 Å². The minimum Gasteiger partial charge on any atom is -0.358 e. The SMILES string of the molecule is CC(=O)C(C#N)C(=O)c1c(C)[nH]c2ccccc12. The van der Waals surface area contributed by atoms with Gasteiger partial charge in [-0.3, -0.25) is 9.59 Å². The Hall–Kier alpha value is -2.41. The molecule has 0 bridgehead atoms. The molecule has 0 amide bonds. The van der Waals surface area contributed by atoms with Gasteiger partial charge in [-0.05, 0) is 19.9 Å². The normalized spacial score (nSPS) is 12.1. The molecule has 0 aliphatic carbocycles. The largest absolute Gasteiger partial charge is 0.358 e. The van der Waals surface area contributed by atoms with Crippen LogP contribution in [0.5, 0.6) is 0 Å². The number of nitrogens with one attached hydrogen (secondary N) is 1. The van der Waals surface area contributed by atoms with E-state index in [2.05, 4.69) is 4.98 Å². The van der Waals surface area contributed by atoms with E-state index in [9.17, 15) is 9.59 Å². The summed E-state index contributed by atoms with van der Waals surface area (Å²) in [6.45, 7) is 3.03. The molecule has 2 aromatic rings. The lowest BCUT2D eigenvalue weighted by Crippen LogP contribution is -2.20. The Labute approximate surface area is 104 Å². The van der Waals surface area contributed by atoms with Gasteiger partial charge in [0.05, 0.1) is 6.07 Å². The van der Waals surface area contributed by atoms with E-state index < -0.39 is 17.5 Å². The van der Waals surface area contributed by atoms with Crippen molar-refractivity contribution in [2.24, 2.45) is 5.92 Å². The molecule has 1 unspecified atom stereocenters. The molecule has 0 radical (unpaired) electrons. The maximum Gasteiger partial charge on any atom is 0.189 e. The number of ketones is 2. The second-order valence-electron chi connectivity index (χ2n) is 4.21. The highest BCUT2D eigenvalue weighted by Crippen LogP contribution is 2.24. The summed E-state index contributed by atoms with van der Waals surface area (Å²) in [5.41, 5.74) is 1.95. The number of para-hydroxylation sites is 1. The Morgan fingerprint density at radius 1 is 1.33 bits per heavy atom. The topological polar surface area (TPSA) is 73.7 Å². The molecule has 1 atom stereocenters. The smallest absolute Gasteiger partial charge is 0.189 e. The van der Waals surface area contributed by atoms with E-state index in [1.54, 1.807) is 19.1 Å². The second-order valence-corrected chi connectivity index (χ2v) is 4.21. The highest BCUT2D eigenvalue weighted by atomic mass is 16.1. The van der Waals surface area contributed by atoms with Gasteiger partial charge in [0.25, 0.3) is 0 Å². The van der Waals surface area contributed by atoms with Crippen molar-refractivity contribution in [1.82, 2.24) is 4.98 Å². The Morgan fingerprint density at radius 3 is 2.61 bits per heavy atom. The van der Waals surface area contributed by atoms with Gasteiger partial charge in [0.2, 0.25) is 0 Å². The number of hydrogen-bond acceptors (Lipinski definition) is 3. The van der Waals surface area contributed by atoms with Crippen LogP contribution in [0.15, 0.2) is 24.3 Å². The molecule has 4 nitrogen and oxygen atoms in total. The zero-order valence-electron chi connectivity index (χ0n) is 10.2. The lowest BCUT2D eigenvalue weighted by Gasteiger charge is -2.04. The molecule has 0 saturated carbocycles. The van der Waals surface area contributed by atoms with Crippen molar-refractivity contribution in [2.75, 3.05) is 0 Å². The molecule has 18 heavy (non-hydrogen) atoms. The van der Waals surface area contributed by atoms with Gasteiger partial charge in [-0.25, -0.2) is 0 Å². The van der Waals surface area contributed by atoms with Gasteiger partial charge in [0.15, 0.2) is 17.5 Å². The minimum atomic E-state index is -1.22. The number of aromatic nitrogens is 1. The van der Waals surface area contributed by atoms with Crippen molar-refractivity contribution in [3.8, 4) is 6.07 Å². The number of hydrogen-bond donors (Lipinski definition) is 1. The molecule has 1 aromatic carbocycles. The molecule has 0 aliphatic heterocycles. The van der Waals surface area contributed by atoms with Crippen molar-refractivity contribution in [3.05, 3.63) is 35.5 Å². The van der Waals surface area contributed by atoms with Gasteiger partial charge in [-0.1, -0.05) is 18.2 Å². The predicted octanol–water partition coefficient (Wildman–Crippen LogP) is 2.39. The molecule has 1 heterocycles. The number of nitriles is 1. The Balaban J connectivity index is 2.61. The van der Waals surface area contributed by atoms with Crippen molar-refractivity contribution in [1.29, 1.82) is 5.26 Å². The number of benzene rings is 1. The fourth-order valence-corrected chi connectivity index (χ4v) is 2.07. The molecule has 0 spiro atoms. The average molecular weight is 240 g/mol. The summed E-state index contributed by atoms with van der Waals surface area (Å²) in [5, 5.41) is 9.68. The van der Waals surface area contributed by atoms with E-state index in [-0.39, 0.29) is 0 Å². The number of rotatable bonds is 3. The van der Waals surface area contributed by atoms with Crippen LogP contribution < -0.4 is 0 Å². The van der Waals surface area contributed by atoms with E-state index in [4.69, 9.17) is 5.26 Å². The maximum absolute atomic E-state index is 12.2. The van der Waals surface area contributed by atoms with Crippen molar-refractivity contribution in [2.45, 2.75) is 13.8 Å². The molecule has 0 saturated heterocycles. The van der Waals surface area contributed by atoms with Crippen LogP contribution in [-0.4, -0.2) is 16.6 Å². The van der Waals surface area contributed by atoms with Crippen LogP contribution in [-0.2, 0) is 4.79 Å². The van der Waals surface area contributed by atoms with Gasteiger partial charge in [-0.15, -0.1) is 0 Å². The average Bonchev–Trinajstić information content (AvgIpc) is 2.64. The summed E-state index contributed by atoms with van der Waals surface area (Å²) in [5.74, 6) is -2.07. The Kier molecular flexibility index (Phi) is 2.99. The van der Waals surface area contributed by atoms with E-state index in [0.717, 1.165) is 10.9 Å². The molecule has 2 rings (SSSR count). The van der Waals surface area contributed by atoms with Crippen molar-refractivity contribution in [3.63, 3.8) is 0 Å². The summed E-state index contributed by atoms with van der Waals surface area (Å²) < 4.78 is 0. The van der Waals surface area contributed by atoms with Crippen LogP contribution in [0.3, 0.4) is 0 Å². The van der Waals surface area contributed by atoms with Crippen LogP contribution in [0.2, 0.25) is 0 Å². The van der Waals surface area contributed by atoms with E-state index >= 15 is 0 Å². The van der Waals surface area contributed by atoms with Crippen LogP contribution in [0, 0.1) is 24.2 Å². The first-order chi connectivity index (χ1) is 8.56. The second kappa shape index (κ2) is 4.46. The Bertz CT molecular complexity index is 677. The summed E-state index contributed by atoms with van der Waals surface area (Å²) >= 11 is 0. The van der Waals surface area contributed by atoms with Crippen LogP contribution in [0.1, 0.15) is 23.0 Å². The molecule has 4 heteroatoms. The molecular weight excluding hydrogens is 228 g/mol. The van der Waals surface area contributed by atoms with Gasteiger partial charge < -0.3 is 4.98 Å². The number of Topliss-reactive ketones (excluding diaryl/α,β-unsaturated/α-hetero) is 2. The zero-order valence-corrected chi connectivity index (χ0v) is 10.2. The predicted molar refractivity (Wildman–Crippen MR) is 67.2 cm³/mol. The van der Waals surface area contributed by atoms with Gasteiger partial charge >= 0.3 is 0 Å². The standard InChI is InChI=1S/C14H12N2O2/c1-8-13(14(18)11(7-15)9(2)17)10-5-3-4-6-12(10)16-8/h3-6,11,16H,1-2H3. The highest BCUT2D eigenvalue weighted by molar-refractivity contribution is 6.18. The molecule has 90 valence electrons. The number of fused-ring (bicyclic) bond motifs is 1. The number of aryl methyl sites for hydroxylation is 1. The highest BCUT2D eigenvalue weighted by Gasteiger charge is 2.27. The Morgan fingerprint density at radius 2 is 2.00 bits per heavy atom. The summed E-state index contributed by atoms with van der Waals surface area (Å²) in [6.07, 6.45) is 0. The number of carbonyl (C=O) groups is 2. The summed E-state index contributed by atoms with van der Waals surface area (Å²) in [6, 6.07) is 9.11. The van der Waals surface area contributed by atoms with Crippen LogP contribution in [0.25, 0.3) is 10.9 Å². The van der Waals surface area contributed by atoms with E-state index in [0.29, 0.717) is 11.3 Å². The summed E-state index contributed by atoms with van der Waals surface area (Å²) in [7, 11) is 0. The molecule has 1 N–H and O–H groups in total. The lowest BCUT2D eigenvalue weighted by atomic mass is 9.94. The summed E-state index contributed by atoms with van der Waals surface area (Å²) in [4.78, 5) is 26.6. The van der Waals surface area contributed by atoms with Gasteiger partial charge in [0, 0.05) is 22.2 Å². The lowest BCUT2D eigenvalue weighted by molar-refractivity contribution is -0.118. The number of nitrogens with zero attached hydrogens (tertiary/aromatic N) is 1. The number of H-pyrrole nitrogens is 1. The molecule has 0 aliphatic rings. The van der Waals surface area contributed by atoms with E-state index in [1.807, 2.05) is 18.2 Å². The third-order valence-electron chi connectivity index (χ3n) is 2.94. The number of carbonyl (C=O) groups excluding carboxylic acids is 2. The zero-order chi connectivity index (χ0) is 13.3. The monoisotopic (exact) mass is 240 g/mol. The fraction of sp³-hybridized carbons (Fsp3) is 0.214. The quantitative estimate of drug-likeness (QED) is 0.661.